The van der Waals surface area contributed by atoms with E-state index in [1.165, 1.54) is 76.7 Å². The number of pyridine rings is 1. The van der Waals surface area contributed by atoms with Gasteiger partial charge in [-0.25, -0.2) is 4.98 Å². The van der Waals surface area contributed by atoms with Crippen LogP contribution in [0.5, 0.6) is 5.75 Å². The second kappa shape index (κ2) is 18.0. The van der Waals surface area contributed by atoms with E-state index < -0.39 is 8.07 Å². The molecule has 0 aliphatic rings. The Balaban J connectivity index is 2.29. The summed E-state index contributed by atoms with van der Waals surface area (Å²) in [6.07, 6.45) is 18.9. The monoisotopic (exact) mass is 502 g/mol. The maximum absolute atomic E-state index is 8.99. The van der Waals surface area contributed by atoms with Crippen molar-refractivity contribution in [2.24, 2.45) is 0 Å². The molecule has 1 atom stereocenters. The van der Waals surface area contributed by atoms with E-state index in [2.05, 4.69) is 51.8 Å². The third kappa shape index (κ3) is 14.7. The van der Waals surface area contributed by atoms with Gasteiger partial charge >= 0.3 is 0 Å². The summed E-state index contributed by atoms with van der Waals surface area (Å²) in [4.78, 5) is 4.15. The molecule has 0 N–H and O–H groups in total. The zero-order valence-electron chi connectivity index (χ0n) is 23.8. The van der Waals surface area contributed by atoms with Crippen LogP contribution in [0.1, 0.15) is 117 Å². The van der Waals surface area contributed by atoms with Crippen LogP contribution in [0.2, 0.25) is 24.2 Å². The number of aromatic nitrogens is 1. The van der Waals surface area contributed by atoms with Crippen molar-refractivity contribution in [2.75, 3.05) is 13.2 Å². The van der Waals surface area contributed by atoms with Gasteiger partial charge in [0.1, 0.15) is 23.6 Å². The first kappa shape index (κ1) is 31.6. The van der Waals surface area contributed by atoms with E-state index in [0.717, 1.165) is 25.2 Å². The Morgan fingerprint density at radius 3 is 1.97 bits per heavy atom. The van der Waals surface area contributed by atoms with Gasteiger partial charge < -0.3 is 9.47 Å². The molecule has 35 heavy (non-hydrogen) atoms. The van der Waals surface area contributed by atoms with Gasteiger partial charge in [-0.3, -0.25) is 0 Å². The van der Waals surface area contributed by atoms with Crippen molar-refractivity contribution in [1.29, 1.82) is 5.26 Å². The minimum absolute atomic E-state index is 0.0242. The van der Waals surface area contributed by atoms with Crippen molar-refractivity contribution in [1.82, 2.24) is 4.98 Å². The van der Waals surface area contributed by atoms with Crippen LogP contribution in [0.25, 0.3) is 0 Å². The summed E-state index contributed by atoms with van der Waals surface area (Å²) >= 11 is 0. The maximum Gasteiger partial charge on any atom is 0.140 e. The number of hydrogen-bond acceptors (Lipinski definition) is 4. The molecule has 0 fully saturated rings. The van der Waals surface area contributed by atoms with Crippen LogP contribution in [0.3, 0.4) is 0 Å². The topological polar surface area (TPSA) is 55.1 Å². The van der Waals surface area contributed by atoms with Gasteiger partial charge in [0.05, 0.1) is 20.9 Å². The van der Waals surface area contributed by atoms with E-state index >= 15 is 0 Å². The van der Waals surface area contributed by atoms with E-state index in [4.69, 9.17) is 14.7 Å². The molecule has 1 aromatic rings. The smallest absolute Gasteiger partial charge is 0.140 e. The second-order valence-corrected chi connectivity index (χ2v) is 17.6. The van der Waals surface area contributed by atoms with Gasteiger partial charge in [-0.1, -0.05) is 117 Å². The Hall–Kier alpha value is -1.38. The maximum atomic E-state index is 8.99. The lowest BCUT2D eigenvalue weighted by molar-refractivity contribution is 0.0460. The SMILES string of the molecule is CCCCCCCCCCCCCCOC[C@H](CC[Si](C)(C)C(C)(C)C)Oc1ccc(C#N)nc1. The van der Waals surface area contributed by atoms with E-state index in [1.807, 2.05) is 6.07 Å². The Morgan fingerprint density at radius 2 is 1.49 bits per heavy atom. The molecule has 1 rings (SSSR count). The van der Waals surface area contributed by atoms with E-state index in [1.54, 1.807) is 12.3 Å². The lowest BCUT2D eigenvalue weighted by Crippen LogP contribution is -2.38. The summed E-state index contributed by atoms with van der Waals surface area (Å²) in [6.45, 7) is 15.7. The number of unbranched alkanes of at least 4 members (excludes halogenated alkanes) is 11. The molecule has 200 valence electrons. The van der Waals surface area contributed by atoms with Crippen molar-refractivity contribution in [3.05, 3.63) is 24.0 Å². The summed E-state index contributed by atoms with van der Waals surface area (Å²) in [7, 11) is -1.38. The standard InChI is InChI=1S/C30H54N2O2Si/c1-7-8-9-10-11-12-13-14-15-16-17-18-22-33-26-29(21-23-35(5,6)30(2,3)4)34-28-20-19-27(24-31)32-25-28/h19-20,25,29H,7-18,21-23,26H2,1-6H3/t29-/m0/s1. The molecular formula is C30H54N2O2Si. The predicted octanol–water partition coefficient (Wildman–Crippen LogP) is 9.32. The van der Waals surface area contributed by atoms with Crippen LogP contribution < -0.4 is 4.74 Å². The number of rotatable bonds is 20. The number of nitrogens with zero attached hydrogens (tertiary/aromatic N) is 2. The van der Waals surface area contributed by atoms with Crippen LogP contribution in [-0.4, -0.2) is 32.4 Å². The molecule has 1 heterocycles. The largest absolute Gasteiger partial charge is 0.486 e. The Labute approximate surface area is 218 Å². The first-order chi connectivity index (χ1) is 16.7. The molecule has 0 aliphatic heterocycles. The van der Waals surface area contributed by atoms with E-state index in [-0.39, 0.29) is 6.10 Å². The summed E-state index contributed by atoms with van der Waals surface area (Å²) in [5.41, 5.74) is 0.415. The zero-order chi connectivity index (χ0) is 26.0. The van der Waals surface area contributed by atoms with Crippen LogP contribution in [0, 0.1) is 11.3 Å². The van der Waals surface area contributed by atoms with Crippen molar-refractivity contribution in [3.8, 4) is 11.8 Å². The van der Waals surface area contributed by atoms with Crippen molar-refractivity contribution in [3.63, 3.8) is 0 Å². The van der Waals surface area contributed by atoms with Crippen molar-refractivity contribution in [2.45, 2.75) is 141 Å². The third-order valence-corrected chi connectivity index (χ3v) is 13.3. The Kier molecular flexibility index (Phi) is 16.2. The first-order valence-corrected chi connectivity index (χ1v) is 17.5. The van der Waals surface area contributed by atoms with Crippen LogP contribution in [-0.2, 0) is 4.74 Å². The normalized spacial score (nSPS) is 12.9. The minimum atomic E-state index is -1.38. The van der Waals surface area contributed by atoms with E-state index in [9.17, 15) is 0 Å². The fourth-order valence-corrected chi connectivity index (χ4v) is 5.84. The Bertz CT molecular complexity index is 692. The summed E-state index contributed by atoms with van der Waals surface area (Å²) in [6, 6.07) is 6.83. The highest BCUT2D eigenvalue weighted by atomic mass is 28.3. The minimum Gasteiger partial charge on any atom is -0.486 e. The first-order valence-electron chi connectivity index (χ1n) is 14.3. The van der Waals surface area contributed by atoms with Gasteiger partial charge in [-0.05, 0) is 30.0 Å². The van der Waals surface area contributed by atoms with Crippen molar-refractivity contribution >= 4 is 8.07 Å². The van der Waals surface area contributed by atoms with Crippen molar-refractivity contribution < 1.29 is 9.47 Å². The van der Waals surface area contributed by atoms with Gasteiger partial charge in [0.2, 0.25) is 0 Å². The average molecular weight is 503 g/mol. The fourth-order valence-electron chi connectivity index (χ4n) is 4.04. The molecule has 0 radical (unpaired) electrons. The fraction of sp³-hybridized carbons (Fsp3) is 0.800. The molecule has 0 saturated heterocycles. The molecule has 0 unspecified atom stereocenters. The highest BCUT2D eigenvalue weighted by molar-refractivity contribution is 6.80. The average Bonchev–Trinajstić information content (AvgIpc) is 2.82. The lowest BCUT2D eigenvalue weighted by atomic mass is 10.1. The highest BCUT2D eigenvalue weighted by Gasteiger charge is 2.35. The quantitative estimate of drug-likeness (QED) is 0.132. The molecular weight excluding hydrogens is 448 g/mol. The molecule has 0 saturated carbocycles. The number of hydrogen-bond donors (Lipinski definition) is 0. The molecule has 0 aromatic carbocycles. The van der Waals surface area contributed by atoms with Gasteiger partial charge in [-0.15, -0.1) is 0 Å². The molecule has 0 aliphatic carbocycles. The van der Waals surface area contributed by atoms with Gasteiger partial charge in [0.25, 0.3) is 0 Å². The Morgan fingerprint density at radius 1 is 0.914 bits per heavy atom. The number of ether oxygens (including phenoxy) is 2. The zero-order valence-corrected chi connectivity index (χ0v) is 24.8. The molecule has 5 heteroatoms. The molecule has 0 spiro atoms. The van der Waals surface area contributed by atoms with Crippen LogP contribution in [0.15, 0.2) is 18.3 Å². The predicted molar refractivity (Wildman–Crippen MR) is 152 cm³/mol. The van der Waals surface area contributed by atoms with E-state index in [0.29, 0.717) is 17.3 Å². The molecule has 4 nitrogen and oxygen atoms in total. The van der Waals surface area contributed by atoms with Gasteiger partial charge in [0.15, 0.2) is 0 Å². The lowest BCUT2D eigenvalue weighted by Gasteiger charge is -2.38. The van der Waals surface area contributed by atoms with Gasteiger partial charge in [-0.2, -0.15) is 5.26 Å². The summed E-state index contributed by atoms with van der Waals surface area (Å²) in [5, 5.41) is 9.35. The molecule has 0 amide bonds. The molecule has 0 bridgehead atoms. The second-order valence-electron chi connectivity index (χ2n) is 11.9. The van der Waals surface area contributed by atoms with Gasteiger partial charge in [0, 0.05) is 6.61 Å². The van der Waals surface area contributed by atoms with Crippen LogP contribution >= 0.6 is 0 Å². The summed E-state index contributed by atoms with van der Waals surface area (Å²) in [5.74, 6) is 0.721. The third-order valence-electron chi connectivity index (χ3n) is 7.72. The van der Waals surface area contributed by atoms with Crippen LogP contribution in [0.4, 0.5) is 0 Å². The summed E-state index contributed by atoms with van der Waals surface area (Å²) < 4.78 is 12.3. The molecule has 1 aromatic heterocycles. The highest BCUT2D eigenvalue weighted by Crippen LogP contribution is 2.39. The number of nitriles is 1.